The molecule has 0 fully saturated rings. The van der Waals surface area contributed by atoms with Crippen LogP contribution in [-0.4, -0.2) is 25.0 Å². The van der Waals surface area contributed by atoms with Gasteiger partial charge in [-0.2, -0.15) is 0 Å². The van der Waals surface area contributed by atoms with Gasteiger partial charge in [0.1, 0.15) is 5.92 Å². The van der Waals surface area contributed by atoms with Crippen molar-refractivity contribution in [3.05, 3.63) is 46.7 Å². The van der Waals surface area contributed by atoms with E-state index in [0.29, 0.717) is 12.4 Å². The lowest BCUT2D eigenvalue weighted by molar-refractivity contribution is -0.151. The lowest BCUT2D eigenvalue weighted by Crippen LogP contribution is -2.28. The highest BCUT2D eigenvalue weighted by atomic mass is 16.5. The molecule has 3 rings (SSSR count). The van der Waals surface area contributed by atoms with Gasteiger partial charge < -0.3 is 9.47 Å². The molecule has 2 unspecified atom stereocenters. The van der Waals surface area contributed by atoms with E-state index in [-0.39, 0.29) is 18.3 Å². The first-order valence-electron chi connectivity index (χ1n) is 7.76. The summed E-state index contributed by atoms with van der Waals surface area (Å²) in [4.78, 5) is 24.9. The minimum Gasteiger partial charge on any atom is -0.490 e. The Labute approximate surface area is 130 Å². The maximum absolute atomic E-state index is 12.6. The molecule has 0 radical (unpaired) electrons. The van der Waals surface area contributed by atoms with E-state index in [1.165, 1.54) is 0 Å². The van der Waals surface area contributed by atoms with Crippen LogP contribution in [0.15, 0.2) is 35.6 Å². The monoisotopic (exact) mass is 300 g/mol. The maximum atomic E-state index is 12.6. The van der Waals surface area contributed by atoms with Gasteiger partial charge in [-0.25, -0.2) is 0 Å². The number of benzene rings is 1. The number of rotatable bonds is 3. The molecule has 0 saturated carbocycles. The fourth-order valence-electron chi connectivity index (χ4n) is 3.31. The second-order valence-electron chi connectivity index (χ2n) is 5.79. The Morgan fingerprint density at radius 3 is 2.73 bits per heavy atom. The van der Waals surface area contributed by atoms with Crippen molar-refractivity contribution in [1.29, 1.82) is 0 Å². The molecule has 2 atom stereocenters. The van der Waals surface area contributed by atoms with Crippen LogP contribution in [0.4, 0.5) is 0 Å². The van der Waals surface area contributed by atoms with Crippen molar-refractivity contribution in [1.82, 2.24) is 0 Å². The molecule has 2 aliphatic rings. The van der Waals surface area contributed by atoms with Crippen LogP contribution in [0, 0.1) is 12.8 Å². The summed E-state index contributed by atoms with van der Waals surface area (Å²) in [6, 6.07) is 7.99. The minimum absolute atomic E-state index is 0.223. The highest BCUT2D eigenvalue weighted by Crippen LogP contribution is 2.46. The molecular weight excluding hydrogens is 280 g/mol. The average molecular weight is 300 g/mol. The predicted molar refractivity (Wildman–Crippen MR) is 81.3 cm³/mol. The third-order valence-electron chi connectivity index (χ3n) is 4.32. The Bertz CT molecular complexity index is 627. The van der Waals surface area contributed by atoms with Gasteiger partial charge in [0.05, 0.1) is 13.2 Å². The van der Waals surface area contributed by atoms with Crippen LogP contribution in [0.5, 0.6) is 0 Å². The van der Waals surface area contributed by atoms with Crippen LogP contribution < -0.4 is 0 Å². The zero-order valence-electron chi connectivity index (χ0n) is 12.9. The zero-order valence-corrected chi connectivity index (χ0v) is 12.9. The third kappa shape index (κ3) is 2.43. The fraction of sp³-hybridized carbons (Fsp3) is 0.444. The molecule has 0 N–H and O–H groups in total. The van der Waals surface area contributed by atoms with E-state index in [1.807, 2.05) is 31.2 Å². The van der Waals surface area contributed by atoms with Crippen molar-refractivity contribution in [2.75, 3.05) is 13.2 Å². The summed E-state index contributed by atoms with van der Waals surface area (Å²) in [6.07, 6.45) is 1.68. The number of ether oxygens (including phenoxy) is 2. The number of allylic oxidation sites excluding steroid dienone is 2. The van der Waals surface area contributed by atoms with Gasteiger partial charge in [-0.1, -0.05) is 29.8 Å². The highest BCUT2D eigenvalue weighted by molar-refractivity contribution is 6.11. The van der Waals surface area contributed by atoms with Crippen LogP contribution in [0.1, 0.15) is 36.8 Å². The van der Waals surface area contributed by atoms with E-state index in [9.17, 15) is 9.59 Å². The topological polar surface area (TPSA) is 52.6 Å². The zero-order chi connectivity index (χ0) is 15.7. The van der Waals surface area contributed by atoms with Crippen LogP contribution in [-0.2, 0) is 19.1 Å². The van der Waals surface area contributed by atoms with Gasteiger partial charge >= 0.3 is 5.97 Å². The molecule has 0 bridgehead atoms. The first-order chi connectivity index (χ1) is 10.6. The SMILES string of the molecule is CCOC(=O)C1C(=O)C2=C(CCCO2)C1c1ccc(C)cc1. The Balaban J connectivity index is 2.03. The van der Waals surface area contributed by atoms with Gasteiger partial charge in [-0.3, -0.25) is 9.59 Å². The molecule has 4 nitrogen and oxygen atoms in total. The second kappa shape index (κ2) is 5.95. The van der Waals surface area contributed by atoms with E-state index < -0.39 is 11.9 Å². The Morgan fingerprint density at radius 1 is 1.32 bits per heavy atom. The minimum atomic E-state index is -0.800. The summed E-state index contributed by atoms with van der Waals surface area (Å²) in [5.74, 6) is -1.32. The molecular formula is C18H20O4. The first kappa shape index (κ1) is 14.8. The van der Waals surface area contributed by atoms with Crippen molar-refractivity contribution in [3.63, 3.8) is 0 Å². The molecule has 1 aliphatic carbocycles. The third-order valence-corrected chi connectivity index (χ3v) is 4.32. The van der Waals surface area contributed by atoms with Crippen molar-refractivity contribution in [2.24, 2.45) is 5.92 Å². The maximum Gasteiger partial charge on any atom is 0.317 e. The standard InChI is InChI=1S/C18H20O4/c1-3-21-18(20)15-14(12-8-6-11(2)7-9-12)13-5-4-10-22-17(13)16(15)19/h6-9,14-15H,3-5,10H2,1-2H3. The van der Waals surface area contributed by atoms with Gasteiger partial charge in [0.25, 0.3) is 0 Å². The van der Waals surface area contributed by atoms with Gasteiger partial charge in [0, 0.05) is 5.92 Å². The van der Waals surface area contributed by atoms with Gasteiger partial charge in [0.15, 0.2) is 5.76 Å². The van der Waals surface area contributed by atoms with Crippen molar-refractivity contribution in [3.8, 4) is 0 Å². The molecule has 22 heavy (non-hydrogen) atoms. The Hall–Kier alpha value is -2.10. The van der Waals surface area contributed by atoms with Gasteiger partial charge in [-0.05, 0) is 37.8 Å². The number of esters is 1. The van der Waals surface area contributed by atoms with Crippen molar-refractivity contribution < 1.29 is 19.1 Å². The van der Waals surface area contributed by atoms with Gasteiger partial charge in [0.2, 0.25) is 5.78 Å². The molecule has 0 saturated heterocycles. The molecule has 0 spiro atoms. The molecule has 116 valence electrons. The molecule has 0 aromatic heterocycles. The number of Topliss-reactive ketones (excluding diaryl/α,β-unsaturated/α-hetero) is 1. The van der Waals surface area contributed by atoms with E-state index >= 15 is 0 Å². The molecule has 4 heteroatoms. The Kier molecular flexibility index (Phi) is 4.01. The largest absolute Gasteiger partial charge is 0.490 e. The quantitative estimate of drug-likeness (QED) is 0.636. The van der Waals surface area contributed by atoms with Crippen LogP contribution in [0.3, 0.4) is 0 Å². The first-order valence-corrected chi connectivity index (χ1v) is 7.76. The molecule has 1 aromatic carbocycles. The van der Waals surface area contributed by atoms with Crippen molar-refractivity contribution >= 4 is 11.8 Å². The molecule has 1 heterocycles. The van der Waals surface area contributed by atoms with E-state index in [0.717, 1.165) is 29.5 Å². The smallest absolute Gasteiger partial charge is 0.317 e. The van der Waals surface area contributed by atoms with Crippen molar-refractivity contribution in [2.45, 2.75) is 32.6 Å². The average Bonchev–Trinajstić information content (AvgIpc) is 2.82. The number of hydrogen-bond acceptors (Lipinski definition) is 4. The highest BCUT2D eigenvalue weighted by Gasteiger charge is 2.49. The summed E-state index contributed by atoms with van der Waals surface area (Å²) >= 11 is 0. The van der Waals surface area contributed by atoms with E-state index in [1.54, 1.807) is 6.92 Å². The number of hydrogen-bond donors (Lipinski definition) is 0. The van der Waals surface area contributed by atoms with E-state index in [2.05, 4.69) is 0 Å². The summed E-state index contributed by atoms with van der Waals surface area (Å²) in [5, 5.41) is 0. The normalized spacial score (nSPS) is 24.0. The summed E-state index contributed by atoms with van der Waals surface area (Å²) in [5.41, 5.74) is 3.08. The summed E-state index contributed by atoms with van der Waals surface area (Å²) < 4.78 is 10.7. The van der Waals surface area contributed by atoms with Crippen LogP contribution >= 0.6 is 0 Å². The summed E-state index contributed by atoms with van der Waals surface area (Å²) in [7, 11) is 0. The van der Waals surface area contributed by atoms with Crippen LogP contribution in [0.2, 0.25) is 0 Å². The molecule has 1 aliphatic heterocycles. The lowest BCUT2D eigenvalue weighted by Gasteiger charge is -2.22. The number of carbonyl (C=O) groups excluding carboxylic acids is 2. The van der Waals surface area contributed by atoms with Crippen LogP contribution in [0.25, 0.3) is 0 Å². The number of ketones is 1. The summed E-state index contributed by atoms with van der Waals surface area (Å²) in [6.45, 7) is 4.58. The number of aryl methyl sites for hydroxylation is 1. The van der Waals surface area contributed by atoms with Gasteiger partial charge in [-0.15, -0.1) is 0 Å². The van der Waals surface area contributed by atoms with E-state index in [4.69, 9.17) is 9.47 Å². The number of carbonyl (C=O) groups is 2. The molecule has 0 amide bonds. The Morgan fingerprint density at radius 2 is 2.05 bits per heavy atom. The second-order valence-corrected chi connectivity index (χ2v) is 5.79. The lowest BCUT2D eigenvalue weighted by atomic mass is 9.82. The predicted octanol–water partition coefficient (Wildman–Crippen LogP) is 2.91. The molecule has 1 aromatic rings. The fourth-order valence-corrected chi connectivity index (χ4v) is 3.31.